The summed E-state index contributed by atoms with van der Waals surface area (Å²) in [7, 11) is 0. The Morgan fingerprint density at radius 1 is 1.15 bits per heavy atom. The number of nitrogens with one attached hydrogen (secondary N) is 2. The van der Waals surface area contributed by atoms with Crippen LogP contribution < -0.4 is 10.6 Å². The maximum Gasteiger partial charge on any atom is 0.411 e. The number of hydrogen-bond donors (Lipinski definition) is 2. The van der Waals surface area contributed by atoms with Crippen molar-refractivity contribution in [2.75, 3.05) is 11.9 Å². The lowest BCUT2D eigenvalue weighted by Crippen LogP contribution is -2.46. The SMILES string of the molecule is CCC(=O)Nc1ccc(C2OC(=O)N(Cc3cccc(F)c3)C2C(=O)NCCC(C)C)cc1. The highest BCUT2D eigenvalue weighted by Crippen LogP contribution is 2.34. The average molecular weight is 456 g/mol. The first-order valence-corrected chi connectivity index (χ1v) is 11.2. The van der Waals surface area contributed by atoms with Crippen LogP contribution in [0.25, 0.3) is 0 Å². The Bertz CT molecular complexity index is 993. The van der Waals surface area contributed by atoms with Gasteiger partial charge in [0.15, 0.2) is 12.1 Å². The van der Waals surface area contributed by atoms with Crippen LogP contribution in [0.4, 0.5) is 14.9 Å². The number of rotatable bonds is 9. The number of halogens is 1. The van der Waals surface area contributed by atoms with Crippen LogP contribution in [-0.4, -0.2) is 35.4 Å². The molecular formula is C25H30FN3O4. The number of benzene rings is 2. The molecule has 3 amide bonds. The third kappa shape index (κ3) is 6.31. The highest BCUT2D eigenvalue weighted by molar-refractivity contribution is 5.91. The molecule has 0 spiro atoms. The fourth-order valence-corrected chi connectivity index (χ4v) is 3.64. The Morgan fingerprint density at radius 3 is 2.52 bits per heavy atom. The second kappa shape index (κ2) is 10.9. The number of ether oxygens (including phenoxy) is 1. The Hall–Kier alpha value is -3.42. The lowest BCUT2D eigenvalue weighted by Gasteiger charge is -2.24. The molecule has 3 rings (SSSR count). The summed E-state index contributed by atoms with van der Waals surface area (Å²) in [6.45, 7) is 6.40. The zero-order valence-electron chi connectivity index (χ0n) is 19.1. The Balaban J connectivity index is 1.85. The molecule has 0 radical (unpaired) electrons. The van der Waals surface area contributed by atoms with Crippen LogP contribution in [0.1, 0.15) is 50.8 Å². The van der Waals surface area contributed by atoms with Crippen LogP contribution >= 0.6 is 0 Å². The molecule has 2 unspecified atom stereocenters. The lowest BCUT2D eigenvalue weighted by atomic mass is 10.00. The van der Waals surface area contributed by atoms with Gasteiger partial charge in [-0.05, 0) is 47.7 Å². The van der Waals surface area contributed by atoms with Gasteiger partial charge in [0.2, 0.25) is 11.8 Å². The van der Waals surface area contributed by atoms with E-state index in [1.54, 1.807) is 43.3 Å². The Morgan fingerprint density at radius 2 is 1.88 bits per heavy atom. The standard InChI is InChI=1S/C25H30FN3O4/c1-4-21(30)28-20-10-8-18(9-11-20)23-22(24(31)27-13-12-16(2)3)29(25(32)33-23)15-17-6-5-7-19(26)14-17/h5-11,14,16,22-23H,4,12-13,15H2,1-3H3,(H,27,31)(H,28,30). The molecule has 1 saturated heterocycles. The van der Waals surface area contributed by atoms with E-state index in [-0.39, 0.29) is 18.4 Å². The van der Waals surface area contributed by atoms with E-state index in [0.717, 1.165) is 6.42 Å². The summed E-state index contributed by atoms with van der Waals surface area (Å²) >= 11 is 0. The van der Waals surface area contributed by atoms with E-state index in [4.69, 9.17) is 4.74 Å². The van der Waals surface area contributed by atoms with Crippen LogP contribution in [0.2, 0.25) is 0 Å². The molecule has 1 fully saturated rings. The molecule has 1 heterocycles. The normalized spacial score (nSPS) is 17.7. The first kappa shape index (κ1) is 24.2. The number of carbonyl (C=O) groups excluding carboxylic acids is 3. The van der Waals surface area contributed by atoms with Crippen molar-refractivity contribution in [3.63, 3.8) is 0 Å². The van der Waals surface area contributed by atoms with Crippen molar-refractivity contribution in [1.82, 2.24) is 10.2 Å². The molecule has 1 aliphatic heterocycles. The molecule has 0 aliphatic carbocycles. The number of anilines is 1. The van der Waals surface area contributed by atoms with E-state index < -0.39 is 24.1 Å². The van der Waals surface area contributed by atoms with Gasteiger partial charge in [-0.25, -0.2) is 9.18 Å². The van der Waals surface area contributed by atoms with Gasteiger partial charge in [0, 0.05) is 18.7 Å². The summed E-state index contributed by atoms with van der Waals surface area (Å²) in [6.07, 6.45) is -0.318. The van der Waals surface area contributed by atoms with Crippen molar-refractivity contribution in [3.05, 3.63) is 65.5 Å². The van der Waals surface area contributed by atoms with E-state index in [1.807, 2.05) is 0 Å². The highest BCUT2D eigenvalue weighted by atomic mass is 19.1. The molecule has 0 aromatic heterocycles. The van der Waals surface area contributed by atoms with Crippen molar-refractivity contribution in [2.24, 2.45) is 5.92 Å². The molecule has 1 aliphatic rings. The van der Waals surface area contributed by atoms with Crippen LogP contribution in [0.3, 0.4) is 0 Å². The van der Waals surface area contributed by atoms with Crippen molar-refractivity contribution in [3.8, 4) is 0 Å². The molecule has 2 N–H and O–H groups in total. The number of nitrogens with zero attached hydrogens (tertiary/aromatic N) is 1. The van der Waals surface area contributed by atoms with Crippen molar-refractivity contribution < 1.29 is 23.5 Å². The molecule has 33 heavy (non-hydrogen) atoms. The van der Waals surface area contributed by atoms with Gasteiger partial charge in [0.25, 0.3) is 0 Å². The summed E-state index contributed by atoms with van der Waals surface area (Å²) in [5, 5.41) is 5.67. The predicted octanol–water partition coefficient (Wildman–Crippen LogP) is 4.40. The quantitative estimate of drug-likeness (QED) is 0.587. The van der Waals surface area contributed by atoms with E-state index in [0.29, 0.717) is 35.7 Å². The summed E-state index contributed by atoms with van der Waals surface area (Å²) < 4.78 is 19.3. The second-order valence-electron chi connectivity index (χ2n) is 8.50. The second-order valence-corrected chi connectivity index (χ2v) is 8.50. The monoisotopic (exact) mass is 455 g/mol. The zero-order valence-corrected chi connectivity index (χ0v) is 19.1. The number of cyclic esters (lactones) is 1. The first-order valence-electron chi connectivity index (χ1n) is 11.2. The zero-order chi connectivity index (χ0) is 24.0. The van der Waals surface area contributed by atoms with Gasteiger partial charge in [-0.3, -0.25) is 14.5 Å². The summed E-state index contributed by atoms with van der Waals surface area (Å²) in [5.74, 6) is -0.443. The molecule has 8 heteroatoms. The third-order valence-corrected chi connectivity index (χ3v) is 5.46. The fraction of sp³-hybridized carbons (Fsp3) is 0.400. The number of hydrogen-bond acceptors (Lipinski definition) is 4. The van der Waals surface area contributed by atoms with Crippen molar-refractivity contribution in [1.29, 1.82) is 0 Å². The van der Waals surface area contributed by atoms with Crippen LogP contribution in [0.5, 0.6) is 0 Å². The van der Waals surface area contributed by atoms with E-state index in [9.17, 15) is 18.8 Å². The topological polar surface area (TPSA) is 87.7 Å². The smallest absolute Gasteiger partial charge is 0.411 e. The summed E-state index contributed by atoms with van der Waals surface area (Å²) in [6, 6.07) is 11.9. The van der Waals surface area contributed by atoms with Crippen LogP contribution in [-0.2, 0) is 20.9 Å². The number of carbonyl (C=O) groups is 3. The fourth-order valence-electron chi connectivity index (χ4n) is 3.64. The Kier molecular flexibility index (Phi) is 8.03. The average Bonchev–Trinajstić information content (AvgIpc) is 3.10. The van der Waals surface area contributed by atoms with E-state index in [1.165, 1.54) is 17.0 Å². The molecule has 0 saturated carbocycles. The van der Waals surface area contributed by atoms with Gasteiger partial charge in [0.1, 0.15) is 5.82 Å². The van der Waals surface area contributed by atoms with E-state index in [2.05, 4.69) is 24.5 Å². The van der Waals surface area contributed by atoms with Crippen molar-refractivity contribution >= 4 is 23.6 Å². The van der Waals surface area contributed by atoms with Gasteiger partial charge in [-0.1, -0.05) is 45.0 Å². The van der Waals surface area contributed by atoms with Gasteiger partial charge in [0.05, 0.1) is 6.54 Å². The molecule has 176 valence electrons. The van der Waals surface area contributed by atoms with E-state index >= 15 is 0 Å². The molecule has 7 nitrogen and oxygen atoms in total. The minimum Gasteiger partial charge on any atom is -0.438 e. The molecule has 2 aromatic carbocycles. The lowest BCUT2D eigenvalue weighted by molar-refractivity contribution is -0.126. The largest absolute Gasteiger partial charge is 0.438 e. The summed E-state index contributed by atoms with van der Waals surface area (Å²) in [4.78, 5) is 38.9. The molecular weight excluding hydrogens is 425 g/mol. The Labute approximate surface area is 193 Å². The minimum atomic E-state index is -0.913. The maximum atomic E-state index is 13.7. The summed E-state index contributed by atoms with van der Waals surface area (Å²) in [5.41, 5.74) is 1.80. The molecule has 0 bridgehead atoms. The maximum absolute atomic E-state index is 13.7. The number of amides is 3. The molecule has 2 aromatic rings. The van der Waals surface area contributed by atoms with Crippen LogP contribution in [0, 0.1) is 11.7 Å². The van der Waals surface area contributed by atoms with Gasteiger partial charge < -0.3 is 15.4 Å². The first-order chi connectivity index (χ1) is 15.8. The van der Waals surface area contributed by atoms with Crippen LogP contribution in [0.15, 0.2) is 48.5 Å². The van der Waals surface area contributed by atoms with Gasteiger partial charge in [-0.2, -0.15) is 0 Å². The molecule has 2 atom stereocenters. The van der Waals surface area contributed by atoms with Gasteiger partial charge >= 0.3 is 6.09 Å². The predicted molar refractivity (Wildman–Crippen MR) is 123 cm³/mol. The van der Waals surface area contributed by atoms with Gasteiger partial charge in [-0.15, -0.1) is 0 Å². The third-order valence-electron chi connectivity index (χ3n) is 5.46. The van der Waals surface area contributed by atoms with Crippen molar-refractivity contribution in [2.45, 2.75) is 52.3 Å². The highest BCUT2D eigenvalue weighted by Gasteiger charge is 2.46. The minimum absolute atomic E-state index is 0.0417.